The minimum Gasteiger partial charge on any atom is -0.480 e. The summed E-state index contributed by atoms with van der Waals surface area (Å²) in [5, 5.41) is 24.8. The number of Topliss-reactive ketones (excluding diaryl/α,β-unsaturated/α-hetero) is 1. The number of amides is 2. The molecular weight excluding hydrogens is 456 g/mol. The number of carboxylic acids is 1. The second-order valence-electron chi connectivity index (χ2n) is 9.25. The monoisotopic (exact) mass is 500 g/mol. The molecule has 3 unspecified atom stereocenters. The number of hydrogen-bond donors (Lipinski definition) is 5. The SMILES string of the molecule is CCC(NC(=O)CC(SCCCC(=N)CC(C)C)C(=O)O)C(=O)NC(CCNC)C(=O)C(C)C. The molecule has 5 N–H and O–H groups in total. The third-order valence-corrected chi connectivity index (χ3v) is 6.51. The van der Waals surface area contributed by atoms with Crippen LogP contribution in [0.25, 0.3) is 0 Å². The van der Waals surface area contributed by atoms with E-state index in [2.05, 4.69) is 29.8 Å². The molecule has 10 heteroatoms. The number of ketones is 1. The van der Waals surface area contributed by atoms with Crippen molar-refractivity contribution in [1.29, 1.82) is 5.41 Å². The van der Waals surface area contributed by atoms with Crippen LogP contribution in [0.5, 0.6) is 0 Å². The summed E-state index contributed by atoms with van der Waals surface area (Å²) in [5.74, 6) is -1.41. The highest BCUT2D eigenvalue weighted by atomic mass is 32.2. The van der Waals surface area contributed by atoms with Crippen molar-refractivity contribution in [3.8, 4) is 0 Å². The molecule has 0 heterocycles. The van der Waals surface area contributed by atoms with E-state index < -0.39 is 35.1 Å². The Labute approximate surface area is 208 Å². The van der Waals surface area contributed by atoms with Gasteiger partial charge in [-0.25, -0.2) is 0 Å². The van der Waals surface area contributed by atoms with Crippen LogP contribution in [0.15, 0.2) is 0 Å². The van der Waals surface area contributed by atoms with Crippen molar-refractivity contribution < 1.29 is 24.3 Å². The van der Waals surface area contributed by atoms with Crippen LogP contribution in [0.1, 0.15) is 73.1 Å². The van der Waals surface area contributed by atoms with E-state index in [0.717, 1.165) is 6.42 Å². The first kappa shape index (κ1) is 32.1. The summed E-state index contributed by atoms with van der Waals surface area (Å²) in [6.45, 7) is 9.95. The lowest BCUT2D eigenvalue weighted by Crippen LogP contribution is -2.52. The van der Waals surface area contributed by atoms with Crippen LogP contribution in [0.4, 0.5) is 0 Å². The average molecular weight is 501 g/mol. The highest BCUT2D eigenvalue weighted by Crippen LogP contribution is 2.18. The van der Waals surface area contributed by atoms with E-state index in [-0.39, 0.29) is 18.1 Å². The van der Waals surface area contributed by atoms with E-state index in [9.17, 15) is 24.3 Å². The summed E-state index contributed by atoms with van der Waals surface area (Å²) >= 11 is 1.18. The Hall–Kier alpha value is -1.94. The largest absolute Gasteiger partial charge is 0.480 e. The van der Waals surface area contributed by atoms with Gasteiger partial charge in [0.25, 0.3) is 0 Å². The van der Waals surface area contributed by atoms with Gasteiger partial charge in [0.15, 0.2) is 5.78 Å². The lowest BCUT2D eigenvalue weighted by atomic mass is 9.98. The minimum atomic E-state index is -1.08. The first-order valence-corrected chi connectivity index (χ1v) is 13.2. The standard InChI is InChI=1S/C24H44N4O5S/c1-7-18(23(31)28-19(10-11-26-6)22(30)16(4)5)27-21(29)14-20(24(32)33)34-12-8-9-17(25)13-15(2)3/h15-16,18-20,25-26H,7-14H2,1-6H3,(H,27,29)(H,28,31)(H,32,33). The molecule has 0 bridgehead atoms. The minimum absolute atomic E-state index is 0.0754. The van der Waals surface area contributed by atoms with E-state index in [1.54, 1.807) is 27.8 Å². The number of carbonyl (C=O) groups excluding carboxylic acids is 3. The molecule has 0 fully saturated rings. The molecule has 0 aromatic carbocycles. The number of nitrogens with one attached hydrogen (secondary N) is 4. The summed E-state index contributed by atoms with van der Waals surface area (Å²) in [5.41, 5.74) is 0.654. The third-order valence-electron chi connectivity index (χ3n) is 5.21. The predicted octanol–water partition coefficient (Wildman–Crippen LogP) is 2.62. The number of carbonyl (C=O) groups is 4. The van der Waals surface area contributed by atoms with Crippen molar-refractivity contribution in [3.63, 3.8) is 0 Å². The smallest absolute Gasteiger partial charge is 0.317 e. The Kier molecular flexibility index (Phi) is 16.5. The van der Waals surface area contributed by atoms with Gasteiger partial charge in [0, 0.05) is 18.1 Å². The fourth-order valence-electron chi connectivity index (χ4n) is 3.35. The molecule has 0 aliphatic rings. The second-order valence-corrected chi connectivity index (χ2v) is 10.6. The van der Waals surface area contributed by atoms with Gasteiger partial charge in [0.05, 0.1) is 6.04 Å². The second kappa shape index (κ2) is 17.5. The number of hydrogen-bond acceptors (Lipinski definition) is 7. The van der Waals surface area contributed by atoms with Gasteiger partial charge in [0.2, 0.25) is 11.8 Å². The molecule has 0 aliphatic carbocycles. The van der Waals surface area contributed by atoms with Gasteiger partial charge in [0.1, 0.15) is 11.3 Å². The first-order valence-electron chi connectivity index (χ1n) is 12.1. The van der Waals surface area contributed by atoms with Gasteiger partial charge < -0.3 is 26.5 Å². The van der Waals surface area contributed by atoms with Crippen LogP contribution in [-0.2, 0) is 19.2 Å². The summed E-state index contributed by atoms with van der Waals surface area (Å²) < 4.78 is 0. The molecule has 3 atom stereocenters. The zero-order valence-corrected chi connectivity index (χ0v) is 22.3. The van der Waals surface area contributed by atoms with Crippen molar-refractivity contribution >= 4 is 41.0 Å². The van der Waals surface area contributed by atoms with Gasteiger partial charge >= 0.3 is 5.97 Å². The van der Waals surface area contributed by atoms with Crippen LogP contribution in [0.2, 0.25) is 0 Å². The van der Waals surface area contributed by atoms with Crippen LogP contribution in [0, 0.1) is 17.2 Å². The predicted molar refractivity (Wildman–Crippen MR) is 137 cm³/mol. The molecular formula is C24H44N4O5S. The van der Waals surface area contributed by atoms with E-state index in [0.29, 0.717) is 49.6 Å². The van der Waals surface area contributed by atoms with Crippen molar-refractivity contribution in [2.45, 2.75) is 90.5 Å². The number of rotatable bonds is 19. The Morgan fingerprint density at radius 3 is 2.15 bits per heavy atom. The fourth-order valence-corrected chi connectivity index (χ4v) is 4.35. The maximum Gasteiger partial charge on any atom is 0.317 e. The quantitative estimate of drug-likeness (QED) is 0.135. The molecule has 9 nitrogen and oxygen atoms in total. The zero-order valence-electron chi connectivity index (χ0n) is 21.5. The fraction of sp³-hybridized carbons (Fsp3) is 0.792. The number of aliphatic carboxylic acids is 1. The van der Waals surface area contributed by atoms with E-state index in [1.807, 2.05) is 0 Å². The molecule has 0 radical (unpaired) electrons. The molecule has 0 saturated heterocycles. The molecule has 0 rings (SSSR count). The van der Waals surface area contributed by atoms with Crippen molar-refractivity contribution in [1.82, 2.24) is 16.0 Å². The Morgan fingerprint density at radius 1 is 1.00 bits per heavy atom. The Bertz CT molecular complexity index is 684. The lowest BCUT2D eigenvalue weighted by Gasteiger charge is -2.23. The summed E-state index contributed by atoms with van der Waals surface area (Å²) in [6.07, 6.45) is 2.53. The van der Waals surface area contributed by atoms with E-state index >= 15 is 0 Å². The van der Waals surface area contributed by atoms with Gasteiger partial charge in [-0.3, -0.25) is 19.2 Å². The van der Waals surface area contributed by atoms with Gasteiger partial charge in [-0.05, 0) is 57.4 Å². The van der Waals surface area contributed by atoms with Crippen molar-refractivity contribution in [2.75, 3.05) is 19.3 Å². The third kappa shape index (κ3) is 13.7. The summed E-state index contributed by atoms with van der Waals surface area (Å²) in [6, 6.07) is -1.50. The van der Waals surface area contributed by atoms with Crippen LogP contribution >= 0.6 is 11.8 Å². The van der Waals surface area contributed by atoms with Gasteiger partial charge in [-0.1, -0.05) is 34.6 Å². The Balaban J connectivity index is 4.83. The molecule has 196 valence electrons. The maximum absolute atomic E-state index is 12.7. The topological polar surface area (TPSA) is 148 Å². The van der Waals surface area contributed by atoms with E-state index in [4.69, 9.17) is 5.41 Å². The molecule has 0 aromatic rings. The van der Waals surface area contributed by atoms with Crippen LogP contribution < -0.4 is 16.0 Å². The lowest BCUT2D eigenvalue weighted by molar-refractivity contribution is -0.138. The van der Waals surface area contributed by atoms with Crippen LogP contribution in [-0.4, -0.2) is 71.1 Å². The molecule has 34 heavy (non-hydrogen) atoms. The Morgan fingerprint density at radius 2 is 1.65 bits per heavy atom. The van der Waals surface area contributed by atoms with E-state index in [1.165, 1.54) is 11.8 Å². The highest BCUT2D eigenvalue weighted by molar-refractivity contribution is 8.00. The van der Waals surface area contributed by atoms with Gasteiger partial charge in [-0.15, -0.1) is 11.8 Å². The molecule has 0 aliphatic heterocycles. The van der Waals surface area contributed by atoms with Crippen molar-refractivity contribution in [2.24, 2.45) is 11.8 Å². The molecule has 2 amide bonds. The average Bonchev–Trinajstić information content (AvgIpc) is 2.75. The first-order chi connectivity index (χ1) is 15.9. The van der Waals surface area contributed by atoms with Crippen LogP contribution in [0.3, 0.4) is 0 Å². The molecule has 0 spiro atoms. The normalized spacial score (nSPS) is 13.9. The number of thioether (sulfide) groups is 1. The maximum atomic E-state index is 12.7. The van der Waals surface area contributed by atoms with Gasteiger partial charge in [-0.2, -0.15) is 0 Å². The number of carboxylic acid groups (broad SMARTS) is 1. The zero-order chi connectivity index (χ0) is 26.3. The van der Waals surface area contributed by atoms with Crippen molar-refractivity contribution in [3.05, 3.63) is 0 Å². The summed E-state index contributed by atoms with van der Waals surface area (Å²) in [7, 11) is 1.76. The molecule has 0 aromatic heterocycles. The molecule has 0 saturated carbocycles. The highest BCUT2D eigenvalue weighted by Gasteiger charge is 2.28. The summed E-state index contributed by atoms with van der Waals surface area (Å²) in [4.78, 5) is 49.3.